The molecule has 1 amide bonds. The zero-order valence-corrected chi connectivity index (χ0v) is 10.1. The molecule has 0 radical (unpaired) electrons. The number of thioether (sulfide) groups is 1. The number of amides is 1. The highest BCUT2D eigenvalue weighted by Gasteiger charge is 2.13. The molecule has 1 N–H and O–H groups in total. The number of hydrogen-bond acceptors (Lipinski definition) is 4. The normalized spacial score (nSPS) is 15.1. The van der Waals surface area contributed by atoms with E-state index in [0.29, 0.717) is 0 Å². The number of aryl methyl sites for hydroxylation is 1. The largest absolute Gasteiger partial charge is 0.301 e. The Labute approximate surface area is 97.0 Å². The molecule has 0 saturated carbocycles. The number of hydrogen-bond donors (Lipinski definition) is 1. The van der Waals surface area contributed by atoms with Crippen molar-refractivity contribution in [2.45, 2.75) is 13.3 Å². The standard InChI is InChI=1S/C10H12N2OS2/c1-2-7-3-4-8(15-7)9(13)12-10-11-5-6-14-10/h3-4H,2,5-6H2,1H3,(H,11,12,13). The van der Waals surface area contributed by atoms with E-state index in [4.69, 9.17) is 0 Å². The molecule has 2 rings (SSSR count). The SMILES string of the molecule is CCc1ccc(C(=O)NC2=NCCS2)s1. The molecule has 80 valence electrons. The second kappa shape index (κ2) is 4.81. The summed E-state index contributed by atoms with van der Waals surface area (Å²) in [4.78, 5) is 17.9. The topological polar surface area (TPSA) is 41.5 Å². The number of carbonyl (C=O) groups is 1. The van der Waals surface area contributed by atoms with E-state index in [9.17, 15) is 4.79 Å². The summed E-state index contributed by atoms with van der Waals surface area (Å²) in [5, 5.41) is 3.57. The second-order valence-electron chi connectivity index (χ2n) is 3.11. The number of amidine groups is 1. The maximum atomic E-state index is 11.7. The van der Waals surface area contributed by atoms with E-state index in [1.165, 1.54) is 4.88 Å². The molecule has 0 bridgehead atoms. The van der Waals surface area contributed by atoms with Gasteiger partial charge in [-0.25, -0.2) is 0 Å². The van der Waals surface area contributed by atoms with Gasteiger partial charge in [0.2, 0.25) is 0 Å². The molecule has 0 fully saturated rings. The third-order valence-corrected chi connectivity index (χ3v) is 4.16. The number of carbonyl (C=O) groups excluding carboxylic acids is 1. The van der Waals surface area contributed by atoms with Gasteiger partial charge in [-0.05, 0) is 18.6 Å². The van der Waals surface area contributed by atoms with E-state index < -0.39 is 0 Å². The van der Waals surface area contributed by atoms with Crippen LogP contribution in [0, 0.1) is 0 Å². The van der Waals surface area contributed by atoms with Crippen LogP contribution in [0.3, 0.4) is 0 Å². The lowest BCUT2D eigenvalue weighted by atomic mass is 10.3. The first-order valence-electron chi connectivity index (χ1n) is 4.87. The molecule has 0 atom stereocenters. The Balaban J connectivity index is 2.01. The van der Waals surface area contributed by atoms with Gasteiger partial charge in [0.25, 0.3) is 5.91 Å². The van der Waals surface area contributed by atoms with Crippen molar-refractivity contribution < 1.29 is 4.79 Å². The van der Waals surface area contributed by atoms with Crippen molar-refractivity contribution in [3.8, 4) is 0 Å². The molecule has 0 spiro atoms. The van der Waals surface area contributed by atoms with Crippen molar-refractivity contribution in [1.82, 2.24) is 5.32 Å². The molecule has 1 aliphatic heterocycles. The number of nitrogens with one attached hydrogen (secondary N) is 1. The van der Waals surface area contributed by atoms with Crippen molar-refractivity contribution >= 4 is 34.2 Å². The molecule has 15 heavy (non-hydrogen) atoms. The Morgan fingerprint density at radius 3 is 3.07 bits per heavy atom. The molecular formula is C10H12N2OS2. The Morgan fingerprint density at radius 1 is 1.60 bits per heavy atom. The van der Waals surface area contributed by atoms with Gasteiger partial charge in [0.15, 0.2) is 5.17 Å². The molecule has 0 saturated heterocycles. The Kier molecular flexibility index (Phi) is 3.43. The molecule has 0 aliphatic carbocycles. The number of nitrogens with zero attached hydrogens (tertiary/aromatic N) is 1. The summed E-state index contributed by atoms with van der Waals surface area (Å²) in [6.07, 6.45) is 0.980. The van der Waals surface area contributed by atoms with Gasteiger partial charge in [0, 0.05) is 10.6 Å². The van der Waals surface area contributed by atoms with Gasteiger partial charge in [-0.2, -0.15) is 0 Å². The van der Waals surface area contributed by atoms with Gasteiger partial charge in [0.1, 0.15) is 0 Å². The summed E-state index contributed by atoms with van der Waals surface area (Å²) in [6.45, 7) is 2.90. The number of rotatable bonds is 2. The van der Waals surface area contributed by atoms with Crippen molar-refractivity contribution in [1.29, 1.82) is 0 Å². The first-order chi connectivity index (χ1) is 7.29. The van der Waals surface area contributed by atoms with E-state index in [-0.39, 0.29) is 5.91 Å². The minimum absolute atomic E-state index is 0.0344. The second-order valence-corrected chi connectivity index (χ2v) is 5.36. The van der Waals surface area contributed by atoms with Crippen LogP contribution in [0.2, 0.25) is 0 Å². The fraction of sp³-hybridized carbons (Fsp3) is 0.400. The minimum atomic E-state index is -0.0344. The average molecular weight is 240 g/mol. The molecule has 5 heteroatoms. The van der Waals surface area contributed by atoms with Crippen LogP contribution in [-0.2, 0) is 6.42 Å². The lowest BCUT2D eigenvalue weighted by molar-refractivity contribution is 0.0982. The van der Waals surface area contributed by atoms with E-state index in [2.05, 4.69) is 17.2 Å². The van der Waals surface area contributed by atoms with Crippen LogP contribution in [0.25, 0.3) is 0 Å². The predicted molar refractivity (Wildman–Crippen MR) is 65.9 cm³/mol. The molecule has 1 aromatic heterocycles. The zero-order valence-electron chi connectivity index (χ0n) is 8.45. The maximum Gasteiger partial charge on any atom is 0.267 e. The Bertz CT molecular complexity index is 398. The summed E-state index contributed by atoms with van der Waals surface area (Å²) in [5.41, 5.74) is 0. The highest BCUT2D eigenvalue weighted by molar-refractivity contribution is 8.14. The summed E-state index contributed by atoms with van der Waals surface area (Å²) in [5.74, 6) is 0.938. The van der Waals surface area contributed by atoms with Gasteiger partial charge >= 0.3 is 0 Å². The molecule has 3 nitrogen and oxygen atoms in total. The first-order valence-corrected chi connectivity index (χ1v) is 6.67. The molecule has 1 aliphatic rings. The monoisotopic (exact) mass is 240 g/mol. The summed E-state index contributed by atoms with van der Waals surface area (Å²) in [6, 6.07) is 3.88. The van der Waals surface area contributed by atoms with Gasteiger partial charge in [-0.15, -0.1) is 11.3 Å². The molecule has 1 aromatic rings. The van der Waals surface area contributed by atoms with Crippen molar-refractivity contribution in [3.05, 3.63) is 21.9 Å². The average Bonchev–Trinajstić information content (AvgIpc) is 2.86. The van der Waals surface area contributed by atoms with Crippen LogP contribution in [0.5, 0.6) is 0 Å². The van der Waals surface area contributed by atoms with Gasteiger partial charge in [-0.3, -0.25) is 9.79 Å². The minimum Gasteiger partial charge on any atom is -0.301 e. The fourth-order valence-corrected chi connectivity index (χ4v) is 2.83. The molecular weight excluding hydrogens is 228 g/mol. The van der Waals surface area contributed by atoms with E-state index in [0.717, 1.165) is 28.8 Å². The summed E-state index contributed by atoms with van der Waals surface area (Å²) < 4.78 is 0. The smallest absolute Gasteiger partial charge is 0.267 e. The van der Waals surface area contributed by atoms with Crippen LogP contribution in [0.4, 0.5) is 0 Å². The fourth-order valence-electron chi connectivity index (χ4n) is 1.26. The number of aliphatic imine (C=N–C) groups is 1. The quantitative estimate of drug-likeness (QED) is 0.860. The first kappa shape index (κ1) is 10.7. The van der Waals surface area contributed by atoms with Gasteiger partial charge in [-0.1, -0.05) is 18.7 Å². The maximum absolute atomic E-state index is 11.7. The van der Waals surface area contributed by atoms with E-state index in [1.807, 2.05) is 12.1 Å². The summed E-state index contributed by atoms with van der Waals surface area (Å²) in [7, 11) is 0. The zero-order chi connectivity index (χ0) is 10.7. The van der Waals surface area contributed by atoms with Crippen molar-refractivity contribution in [3.63, 3.8) is 0 Å². The van der Waals surface area contributed by atoms with Crippen LogP contribution < -0.4 is 5.32 Å². The third-order valence-electron chi connectivity index (χ3n) is 2.04. The lowest BCUT2D eigenvalue weighted by Gasteiger charge is -2.00. The van der Waals surface area contributed by atoms with Crippen LogP contribution in [-0.4, -0.2) is 23.4 Å². The summed E-state index contributed by atoms with van der Waals surface area (Å²) >= 11 is 3.15. The number of thiophene rings is 1. The lowest BCUT2D eigenvalue weighted by Crippen LogP contribution is -2.26. The Hall–Kier alpha value is -0.810. The Morgan fingerprint density at radius 2 is 2.47 bits per heavy atom. The van der Waals surface area contributed by atoms with Crippen molar-refractivity contribution in [2.24, 2.45) is 4.99 Å². The van der Waals surface area contributed by atoms with E-state index in [1.54, 1.807) is 23.1 Å². The van der Waals surface area contributed by atoms with E-state index >= 15 is 0 Å². The van der Waals surface area contributed by atoms with Crippen LogP contribution in [0.15, 0.2) is 17.1 Å². The predicted octanol–water partition coefficient (Wildman–Crippen LogP) is 2.14. The highest BCUT2D eigenvalue weighted by atomic mass is 32.2. The van der Waals surface area contributed by atoms with Crippen LogP contribution in [0.1, 0.15) is 21.5 Å². The third kappa shape index (κ3) is 2.60. The van der Waals surface area contributed by atoms with Crippen LogP contribution >= 0.6 is 23.1 Å². The molecule has 0 unspecified atom stereocenters. The van der Waals surface area contributed by atoms with Gasteiger partial charge in [0.05, 0.1) is 11.4 Å². The van der Waals surface area contributed by atoms with Crippen molar-refractivity contribution in [2.75, 3.05) is 12.3 Å². The van der Waals surface area contributed by atoms with Gasteiger partial charge < -0.3 is 5.32 Å². The molecule has 2 heterocycles. The highest BCUT2D eigenvalue weighted by Crippen LogP contribution is 2.17. The molecule has 0 aromatic carbocycles.